The van der Waals surface area contributed by atoms with Gasteiger partial charge in [-0.15, -0.1) is 11.3 Å². The zero-order valence-corrected chi connectivity index (χ0v) is 19.8. The van der Waals surface area contributed by atoms with Gasteiger partial charge in [-0.3, -0.25) is 19.5 Å². The van der Waals surface area contributed by atoms with Crippen LogP contribution in [0.3, 0.4) is 0 Å². The number of carboxylic acid groups (broad SMARTS) is 1. The Balaban J connectivity index is 1.83. The van der Waals surface area contributed by atoms with E-state index >= 15 is 0 Å². The number of nitrogens with zero attached hydrogens (tertiary/aromatic N) is 3. The molecule has 1 aromatic heterocycles. The highest BCUT2D eigenvalue weighted by Crippen LogP contribution is 2.36. The number of likely N-dealkylation sites (N-methyl/N-ethyl adjacent to an activating group) is 1. The van der Waals surface area contributed by atoms with Gasteiger partial charge in [-0.25, -0.2) is 9.37 Å². The SMILES string of the molecule is CCNC(=O)C1=C(CN2CCOC[C@H]2C(=O)O)NC(c2nccs2)=N[C@H]1c1ccc(F)cc1Cl. The summed E-state index contributed by atoms with van der Waals surface area (Å²) >= 11 is 7.74. The smallest absolute Gasteiger partial charge is 0.323 e. The maximum Gasteiger partial charge on any atom is 0.323 e. The summed E-state index contributed by atoms with van der Waals surface area (Å²) in [6.07, 6.45) is 1.63. The highest BCUT2D eigenvalue weighted by Gasteiger charge is 2.36. The number of aliphatic imine (C=N–C) groups is 1. The molecule has 3 heterocycles. The number of hydrogen-bond donors (Lipinski definition) is 3. The minimum Gasteiger partial charge on any atom is -0.480 e. The lowest BCUT2D eigenvalue weighted by molar-refractivity contribution is -0.149. The molecular weight excluding hydrogens is 485 g/mol. The van der Waals surface area contributed by atoms with Gasteiger partial charge in [0.2, 0.25) is 0 Å². The zero-order chi connectivity index (χ0) is 24.2. The summed E-state index contributed by atoms with van der Waals surface area (Å²) in [6, 6.07) is 2.23. The molecule has 180 valence electrons. The van der Waals surface area contributed by atoms with Gasteiger partial charge in [0.05, 0.1) is 18.8 Å². The minimum absolute atomic E-state index is 0.0414. The number of carbonyl (C=O) groups excluding carboxylic acids is 1. The van der Waals surface area contributed by atoms with Gasteiger partial charge in [-0.2, -0.15) is 0 Å². The second kappa shape index (κ2) is 10.6. The van der Waals surface area contributed by atoms with E-state index in [1.54, 1.807) is 23.4 Å². The Bertz CT molecular complexity index is 1140. The van der Waals surface area contributed by atoms with Gasteiger partial charge in [0.15, 0.2) is 10.8 Å². The topological polar surface area (TPSA) is 116 Å². The molecule has 0 unspecified atom stereocenters. The zero-order valence-electron chi connectivity index (χ0n) is 18.3. The molecule has 34 heavy (non-hydrogen) atoms. The molecule has 9 nitrogen and oxygen atoms in total. The molecule has 2 aliphatic rings. The average molecular weight is 508 g/mol. The molecule has 1 aromatic carbocycles. The third-order valence-electron chi connectivity index (χ3n) is 5.49. The van der Waals surface area contributed by atoms with Gasteiger partial charge in [-0.1, -0.05) is 17.7 Å². The molecule has 12 heteroatoms. The minimum atomic E-state index is -1.01. The average Bonchev–Trinajstić information content (AvgIpc) is 3.34. The second-order valence-corrected chi connectivity index (χ2v) is 8.96. The quantitative estimate of drug-likeness (QED) is 0.526. The number of aromatic nitrogens is 1. The van der Waals surface area contributed by atoms with Crippen molar-refractivity contribution in [3.63, 3.8) is 0 Å². The monoisotopic (exact) mass is 507 g/mol. The van der Waals surface area contributed by atoms with Crippen LogP contribution < -0.4 is 10.6 Å². The number of amidine groups is 1. The van der Waals surface area contributed by atoms with Gasteiger partial charge in [-0.05, 0) is 19.1 Å². The number of amides is 1. The number of rotatable bonds is 7. The number of hydrogen-bond acceptors (Lipinski definition) is 8. The Morgan fingerprint density at radius 2 is 2.26 bits per heavy atom. The Hall–Kier alpha value is -2.86. The molecule has 0 spiro atoms. The number of benzene rings is 1. The predicted octanol–water partition coefficient (Wildman–Crippen LogP) is 2.20. The molecule has 2 atom stereocenters. The van der Waals surface area contributed by atoms with Gasteiger partial charge in [0.25, 0.3) is 5.91 Å². The third kappa shape index (κ3) is 5.12. The number of carboxylic acids is 1. The molecule has 2 aliphatic heterocycles. The number of halogens is 2. The lowest BCUT2D eigenvalue weighted by Crippen LogP contribution is -2.52. The largest absolute Gasteiger partial charge is 0.480 e. The van der Waals surface area contributed by atoms with Crippen molar-refractivity contribution in [3.05, 3.63) is 62.5 Å². The van der Waals surface area contributed by atoms with Crippen LogP contribution in [0.2, 0.25) is 5.02 Å². The van der Waals surface area contributed by atoms with Crippen LogP contribution in [0.5, 0.6) is 0 Å². The molecule has 1 fully saturated rings. The summed E-state index contributed by atoms with van der Waals surface area (Å²) in [4.78, 5) is 35.9. The summed E-state index contributed by atoms with van der Waals surface area (Å²) in [5, 5.41) is 18.2. The molecule has 0 bridgehead atoms. The lowest BCUT2D eigenvalue weighted by atomic mass is 9.94. The molecule has 0 saturated carbocycles. The maximum atomic E-state index is 13.8. The summed E-state index contributed by atoms with van der Waals surface area (Å²) in [7, 11) is 0. The van der Waals surface area contributed by atoms with Crippen LogP contribution in [0.1, 0.15) is 23.5 Å². The summed E-state index contributed by atoms with van der Waals surface area (Å²) in [5.74, 6) is -1.48. The van der Waals surface area contributed by atoms with Gasteiger partial charge < -0.3 is 20.5 Å². The van der Waals surface area contributed by atoms with Crippen molar-refractivity contribution in [3.8, 4) is 0 Å². The molecule has 4 rings (SSSR count). The summed E-state index contributed by atoms with van der Waals surface area (Å²) in [5.41, 5.74) is 1.21. The predicted molar refractivity (Wildman–Crippen MR) is 125 cm³/mol. The van der Waals surface area contributed by atoms with Crippen molar-refractivity contribution in [2.45, 2.75) is 19.0 Å². The number of carbonyl (C=O) groups is 2. The van der Waals surface area contributed by atoms with Crippen LogP contribution >= 0.6 is 22.9 Å². The molecular formula is C22H23ClFN5O4S. The number of morpholine rings is 1. The van der Waals surface area contributed by atoms with Gasteiger partial charge >= 0.3 is 5.97 Å². The van der Waals surface area contributed by atoms with Crippen LogP contribution in [0.4, 0.5) is 4.39 Å². The maximum absolute atomic E-state index is 13.8. The highest BCUT2D eigenvalue weighted by molar-refractivity contribution is 7.11. The fourth-order valence-corrected chi connectivity index (χ4v) is 4.76. The van der Waals surface area contributed by atoms with Crippen LogP contribution in [-0.4, -0.2) is 71.6 Å². The van der Waals surface area contributed by atoms with E-state index in [1.165, 1.54) is 29.5 Å². The van der Waals surface area contributed by atoms with E-state index in [1.807, 2.05) is 0 Å². The first kappa shape index (κ1) is 24.3. The van der Waals surface area contributed by atoms with E-state index < -0.39 is 23.9 Å². The molecule has 1 saturated heterocycles. The van der Waals surface area contributed by atoms with Crippen LogP contribution in [0.15, 0.2) is 46.0 Å². The number of ether oxygens (including phenoxy) is 1. The van der Waals surface area contributed by atoms with Crippen molar-refractivity contribution in [2.24, 2.45) is 4.99 Å². The van der Waals surface area contributed by atoms with E-state index in [0.717, 1.165) is 0 Å². The molecule has 3 N–H and O–H groups in total. The Morgan fingerprint density at radius 3 is 2.94 bits per heavy atom. The van der Waals surface area contributed by atoms with Crippen molar-refractivity contribution < 1.29 is 23.8 Å². The number of thiazole rings is 1. The van der Waals surface area contributed by atoms with Crippen LogP contribution in [0, 0.1) is 5.82 Å². The highest BCUT2D eigenvalue weighted by atomic mass is 35.5. The fraction of sp³-hybridized carbons (Fsp3) is 0.364. The van der Waals surface area contributed by atoms with Crippen molar-refractivity contribution >= 4 is 40.6 Å². The Labute approximate surface area is 204 Å². The van der Waals surface area contributed by atoms with Gasteiger partial charge in [0, 0.05) is 47.5 Å². The lowest BCUT2D eigenvalue weighted by Gasteiger charge is -2.36. The summed E-state index contributed by atoms with van der Waals surface area (Å²) < 4.78 is 19.1. The third-order valence-corrected chi connectivity index (χ3v) is 6.59. The first-order valence-corrected chi connectivity index (χ1v) is 11.9. The Morgan fingerprint density at radius 1 is 1.44 bits per heavy atom. The van der Waals surface area contributed by atoms with E-state index in [0.29, 0.717) is 41.8 Å². The Kier molecular flexibility index (Phi) is 7.57. The first-order valence-electron chi connectivity index (χ1n) is 10.6. The van der Waals surface area contributed by atoms with Crippen LogP contribution in [-0.2, 0) is 14.3 Å². The van der Waals surface area contributed by atoms with Crippen molar-refractivity contribution in [2.75, 3.05) is 32.8 Å². The normalized spacial score (nSPS) is 21.1. The van der Waals surface area contributed by atoms with Gasteiger partial charge in [0.1, 0.15) is 17.9 Å². The van der Waals surface area contributed by atoms with Crippen molar-refractivity contribution in [1.82, 2.24) is 20.5 Å². The van der Waals surface area contributed by atoms with E-state index in [9.17, 15) is 19.1 Å². The number of aliphatic carboxylic acids is 1. The number of nitrogens with one attached hydrogen (secondary N) is 2. The molecule has 1 amide bonds. The fourth-order valence-electron chi connectivity index (χ4n) is 3.90. The molecule has 0 radical (unpaired) electrons. The molecule has 0 aliphatic carbocycles. The van der Waals surface area contributed by atoms with E-state index in [4.69, 9.17) is 21.3 Å². The molecule has 2 aromatic rings. The second-order valence-electron chi connectivity index (χ2n) is 7.66. The standard InChI is InChI=1S/C22H23ClFN5O4S/c1-2-25-20(30)17-15(10-29-6-7-33-11-16(29)22(31)32)27-19(21-26-5-8-34-21)28-18(17)13-4-3-12(24)9-14(13)23/h3-5,8-9,16,18H,2,6-7,10-11H2,1H3,(H,25,30)(H,27,28)(H,31,32)/t16-,18-/m0/s1. The van der Waals surface area contributed by atoms with Crippen molar-refractivity contribution in [1.29, 1.82) is 0 Å². The first-order chi connectivity index (χ1) is 16.4. The van der Waals surface area contributed by atoms with Crippen LogP contribution in [0.25, 0.3) is 0 Å². The summed E-state index contributed by atoms with van der Waals surface area (Å²) in [6.45, 7) is 3.08. The van der Waals surface area contributed by atoms with E-state index in [-0.39, 0.29) is 29.7 Å². The van der Waals surface area contributed by atoms with E-state index in [2.05, 4.69) is 15.6 Å².